The van der Waals surface area contributed by atoms with Crippen LogP contribution >= 0.6 is 0 Å². The maximum Gasteiger partial charge on any atom is 0.396 e. The molecule has 0 radical (unpaired) electrons. The van der Waals surface area contributed by atoms with Gasteiger partial charge in [0.05, 0.1) is 5.92 Å². The lowest BCUT2D eigenvalue weighted by atomic mass is 9.94. The molecule has 1 aliphatic heterocycles. The smallest absolute Gasteiger partial charge is 0.341 e. The van der Waals surface area contributed by atoms with Crippen LogP contribution in [-0.4, -0.2) is 36.1 Å². The highest BCUT2D eigenvalue weighted by Gasteiger charge is 2.42. The number of carbonyl (C=O) groups excluding carboxylic acids is 1. The van der Waals surface area contributed by atoms with Gasteiger partial charge in [-0.25, -0.2) is 0 Å². The molecular weight excluding hydrogens is 269 g/mol. The van der Waals surface area contributed by atoms with Gasteiger partial charge in [-0.3, -0.25) is 4.79 Å². The molecule has 1 amide bonds. The second-order valence-corrected chi connectivity index (χ2v) is 5.10. The third-order valence-corrected chi connectivity index (χ3v) is 3.55. The van der Waals surface area contributed by atoms with Crippen LogP contribution < -0.4 is 5.73 Å². The van der Waals surface area contributed by atoms with Gasteiger partial charge in [0.15, 0.2) is 0 Å². The van der Waals surface area contributed by atoms with Crippen molar-refractivity contribution in [2.75, 3.05) is 13.1 Å². The summed E-state index contributed by atoms with van der Waals surface area (Å²) in [7, 11) is 0. The van der Waals surface area contributed by atoms with Crippen LogP contribution in [0, 0.1) is 0 Å². The number of halogens is 3. The molecule has 1 saturated heterocycles. The predicted octanol–water partition coefficient (Wildman–Crippen LogP) is 2.28. The maximum absolute atomic E-state index is 13.1. The Bertz CT molecular complexity index is 461. The second kappa shape index (κ2) is 5.83. The molecule has 0 bridgehead atoms. The van der Waals surface area contributed by atoms with Crippen LogP contribution in [0.15, 0.2) is 30.3 Å². The summed E-state index contributed by atoms with van der Waals surface area (Å²) in [6, 6.07) is 7.43. The third-order valence-electron chi connectivity index (χ3n) is 3.55. The molecule has 0 spiro atoms. The van der Waals surface area contributed by atoms with Crippen LogP contribution in [0.4, 0.5) is 13.2 Å². The average molecular weight is 286 g/mol. The standard InChI is InChI=1S/C14H17F3N2O/c15-14(16,17)12(10-4-2-1-3-5-10)8-13(20)19-7-6-11(18)9-19/h1-5,11-12H,6-9,18H2/t11-,12?/m1/s1. The lowest BCUT2D eigenvalue weighted by molar-refractivity contribution is -0.160. The highest BCUT2D eigenvalue weighted by molar-refractivity contribution is 5.77. The van der Waals surface area contributed by atoms with Crippen LogP contribution in [0.3, 0.4) is 0 Å². The number of carbonyl (C=O) groups is 1. The van der Waals surface area contributed by atoms with Crippen molar-refractivity contribution < 1.29 is 18.0 Å². The lowest BCUT2D eigenvalue weighted by Gasteiger charge is -2.23. The largest absolute Gasteiger partial charge is 0.396 e. The van der Waals surface area contributed by atoms with E-state index in [1.54, 1.807) is 18.2 Å². The number of benzene rings is 1. The van der Waals surface area contributed by atoms with Crippen molar-refractivity contribution >= 4 is 5.91 Å². The first-order valence-corrected chi connectivity index (χ1v) is 6.53. The number of amides is 1. The number of nitrogens with zero attached hydrogens (tertiary/aromatic N) is 1. The predicted molar refractivity (Wildman–Crippen MR) is 69.0 cm³/mol. The number of rotatable bonds is 3. The van der Waals surface area contributed by atoms with Gasteiger partial charge in [0.25, 0.3) is 0 Å². The highest BCUT2D eigenvalue weighted by atomic mass is 19.4. The zero-order chi connectivity index (χ0) is 14.8. The van der Waals surface area contributed by atoms with Gasteiger partial charge in [0, 0.05) is 25.6 Å². The van der Waals surface area contributed by atoms with E-state index in [4.69, 9.17) is 5.73 Å². The molecule has 3 nitrogen and oxygen atoms in total. The van der Waals surface area contributed by atoms with Gasteiger partial charge in [-0.1, -0.05) is 30.3 Å². The average Bonchev–Trinajstić information content (AvgIpc) is 2.82. The quantitative estimate of drug-likeness (QED) is 0.926. The minimum Gasteiger partial charge on any atom is -0.341 e. The number of alkyl halides is 3. The Morgan fingerprint density at radius 1 is 1.35 bits per heavy atom. The van der Waals surface area contributed by atoms with Crippen LogP contribution in [0.1, 0.15) is 24.3 Å². The summed E-state index contributed by atoms with van der Waals surface area (Å²) in [4.78, 5) is 13.4. The molecule has 2 rings (SSSR count). The van der Waals surface area contributed by atoms with Gasteiger partial charge in [0.2, 0.25) is 5.91 Å². The minimum absolute atomic E-state index is 0.122. The molecule has 1 aromatic rings. The highest BCUT2D eigenvalue weighted by Crippen LogP contribution is 2.37. The van der Waals surface area contributed by atoms with Gasteiger partial charge in [-0.05, 0) is 12.0 Å². The zero-order valence-electron chi connectivity index (χ0n) is 10.9. The Morgan fingerprint density at radius 3 is 2.50 bits per heavy atom. The van der Waals surface area contributed by atoms with Crippen molar-refractivity contribution in [2.24, 2.45) is 5.73 Å². The molecule has 2 atom stereocenters. The summed E-state index contributed by atoms with van der Waals surface area (Å²) in [5.74, 6) is -2.24. The molecule has 2 N–H and O–H groups in total. The Labute approximate surface area is 115 Å². The Balaban J connectivity index is 2.11. The fourth-order valence-electron chi connectivity index (χ4n) is 2.43. The van der Waals surface area contributed by atoms with Crippen LogP contribution in [0.25, 0.3) is 0 Å². The minimum atomic E-state index is -4.43. The lowest BCUT2D eigenvalue weighted by Crippen LogP contribution is -2.35. The number of hydrogen-bond donors (Lipinski definition) is 1. The fourth-order valence-corrected chi connectivity index (χ4v) is 2.43. The maximum atomic E-state index is 13.1. The van der Waals surface area contributed by atoms with Crippen molar-refractivity contribution in [3.63, 3.8) is 0 Å². The summed E-state index contributed by atoms with van der Waals surface area (Å²) in [6.45, 7) is 0.789. The summed E-state index contributed by atoms with van der Waals surface area (Å²) in [6.07, 6.45) is -4.34. The number of nitrogens with two attached hydrogens (primary N) is 1. The summed E-state index contributed by atoms with van der Waals surface area (Å²) in [5.41, 5.74) is 5.80. The molecule has 0 aromatic heterocycles. The molecule has 6 heteroatoms. The zero-order valence-corrected chi connectivity index (χ0v) is 10.9. The van der Waals surface area contributed by atoms with Crippen molar-refractivity contribution in [3.8, 4) is 0 Å². The van der Waals surface area contributed by atoms with E-state index in [9.17, 15) is 18.0 Å². The first-order chi connectivity index (χ1) is 9.38. The molecule has 0 aliphatic carbocycles. The van der Waals surface area contributed by atoms with E-state index in [-0.39, 0.29) is 11.6 Å². The van der Waals surface area contributed by atoms with E-state index < -0.39 is 24.4 Å². The second-order valence-electron chi connectivity index (χ2n) is 5.10. The number of likely N-dealkylation sites (tertiary alicyclic amines) is 1. The summed E-state index contributed by atoms with van der Waals surface area (Å²) >= 11 is 0. The Hall–Kier alpha value is -1.56. The van der Waals surface area contributed by atoms with Gasteiger partial charge in [-0.2, -0.15) is 13.2 Å². The normalized spacial score (nSPS) is 21.0. The molecular formula is C14H17F3N2O. The van der Waals surface area contributed by atoms with Gasteiger partial charge >= 0.3 is 6.18 Å². The molecule has 1 fully saturated rings. The van der Waals surface area contributed by atoms with Crippen molar-refractivity contribution in [1.82, 2.24) is 4.90 Å². The van der Waals surface area contributed by atoms with Crippen LogP contribution in [-0.2, 0) is 4.79 Å². The van der Waals surface area contributed by atoms with E-state index in [2.05, 4.69) is 0 Å². The Kier molecular flexibility index (Phi) is 4.32. The molecule has 1 unspecified atom stereocenters. The van der Waals surface area contributed by atoms with Gasteiger partial charge in [-0.15, -0.1) is 0 Å². The fraction of sp³-hybridized carbons (Fsp3) is 0.500. The summed E-state index contributed by atoms with van der Waals surface area (Å²) < 4.78 is 39.4. The van der Waals surface area contributed by atoms with Gasteiger partial charge < -0.3 is 10.6 Å². The van der Waals surface area contributed by atoms with E-state index in [0.29, 0.717) is 19.5 Å². The third kappa shape index (κ3) is 3.50. The van der Waals surface area contributed by atoms with Crippen molar-refractivity contribution in [1.29, 1.82) is 0 Å². The molecule has 1 aliphatic rings. The summed E-state index contributed by atoms with van der Waals surface area (Å²) in [5, 5.41) is 0. The first kappa shape index (κ1) is 14.8. The van der Waals surface area contributed by atoms with Gasteiger partial charge in [0.1, 0.15) is 0 Å². The molecule has 1 heterocycles. The Morgan fingerprint density at radius 2 is 2.00 bits per heavy atom. The molecule has 0 saturated carbocycles. The first-order valence-electron chi connectivity index (χ1n) is 6.53. The molecule has 1 aromatic carbocycles. The van der Waals surface area contributed by atoms with Crippen LogP contribution in [0.5, 0.6) is 0 Å². The van der Waals surface area contributed by atoms with E-state index in [1.165, 1.54) is 17.0 Å². The number of hydrogen-bond acceptors (Lipinski definition) is 2. The van der Waals surface area contributed by atoms with E-state index in [1.807, 2.05) is 0 Å². The van der Waals surface area contributed by atoms with Crippen molar-refractivity contribution in [2.45, 2.75) is 31.0 Å². The molecule has 20 heavy (non-hydrogen) atoms. The monoisotopic (exact) mass is 286 g/mol. The van der Waals surface area contributed by atoms with Crippen LogP contribution in [0.2, 0.25) is 0 Å². The van der Waals surface area contributed by atoms with E-state index >= 15 is 0 Å². The topological polar surface area (TPSA) is 46.3 Å². The molecule has 110 valence electrons. The SMILES string of the molecule is N[C@@H]1CCN(C(=O)CC(c2ccccc2)C(F)(F)F)C1. The van der Waals surface area contributed by atoms with Crippen molar-refractivity contribution in [3.05, 3.63) is 35.9 Å². The van der Waals surface area contributed by atoms with E-state index in [0.717, 1.165) is 0 Å².